The molecule has 1 aromatic carbocycles. The third-order valence-electron chi connectivity index (χ3n) is 2.35. The van der Waals surface area contributed by atoms with Gasteiger partial charge in [-0.1, -0.05) is 28.1 Å². The number of nitrogens with two attached hydrogens (primary N) is 1. The summed E-state index contributed by atoms with van der Waals surface area (Å²) in [6.07, 6.45) is 0.00464. The van der Waals surface area contributed by atoms with Gasteiger partial charge in [-0.15, -0.1) is 0 Å². The number of hydrogen-bond acceptors (Lipinski definition) is 3. The van der Waals surface area contributed by atoms with E-state index in [1.54, 1.807) is 0 Å². The maximum atomic E-state index is 10.5. The molecule has 0 aliphatic rings. The molecule has 94 valence electrons. The monoisotopic (exact) mass is 300 g/mol. The second-order valence-electron chi connectivity index (χ2n) is 4.18. The maximum absolute atomic E-state index is 10.5. The zero-order chi connectivity index (χ0) is 12.8. The van der Waals surface area contributed by atoms with Gasteiger partial charge in [-0.3, -0.25) is 4.79 Å². The topological polar surface area (TPSA) is 66.6 Å². The molecule has 0 radical (unpaired) electrons. The van der Waals surface area contributed by atoms with Crippen molar-refractivity contribution in [3.8, 4) is 0 Å². The highest BCUT2D eigenvalue weighted by atomic mass is 79.9. The second-order valence-corrected chi connectivity index (χ2v) is 5.10. The molecule has 0 aliphatic heterocycles. The summed E-state index contributed by atoms with van der Waals surface area (Å²) >= 11 is 3.38. The average molecular weight is 301 g/mol. The molecule has 1 aromatic rings. The Labute approximate surface area is 110 Å². The van der Waals surface area contributed by atoms with E-state index in [1.165, 1.54) is 5.56 Å². The first kappa shape index (κ1) is 14.2. The van der Waals surface area contributed by atoms with Gasteiger partial charge in [-0.2, -0.15) is 0 Å². The van der Waals surface area contributed by atoms with Crippen LogP contribution in [0.1, 0.15) is 12.0 Å². The van der Waals surface area contributed by atoms with Crippen LogP contribution in [0.15, 0.2) is 28.7 Å². The van der Waals surface area contributed by atoms with Gasteiger partial charge in [-0.05, 0) is 24.7 Å². The van der Waals surface area contributed by atoms with Crippen molar-refractivity contribution in [3.05, 3.63) is 34.3 Å². The highest BCUT2D eigenvalue weighted by molar-refractivity contribution is 9.10. The predicted octanol–water partition coefficient (Wildman–Crippen LogP) is 1.68. The fraction of sp³-hybridized carbons (Fsp3) is 0.417. The lowest BCUT2D eigenvalue weighted by molar-refractivity contribution is -0.137. The van der Waals surface area contributed by atoms with Crippen molar-refractivity contribution >= 4 is 21.9 Å². The number of hydrogen-bond donors (Lipinski definition) is 2. The van der Waals surface area contributed by atoms with Gasteiger partial charge in [0.2, 0.25) is 0 Å². The number of likely N-dealkylation sites (N-methyl/N-ethyl adjacent to an activating group) is 1. The van der Waals surface area contributed by atoms with Gasteiger partial charge in [-0.25, -0.2) is 0 Å². The molecule has 0 saturated carbocycles. The molecule has 0 saturated heterocycles. The van der Waals surface area contributed by atoms with Crippen LogP contribution in [0.2, 0.25) is 0 Å². The van der Waals surface area contributed by atoms with Crippen molar-refractivity contribution in [1.29, 1.82) is 0 Å². The summed E-state index contributed by atoms with van der Waals surface area (Å²) in [4.78, 5) is 12.5. The van der Waals surface area contributed by atoms with E-state index in [4.69, 9.17) is 10.8 Å². The second kappa shape index (κ2) is 6.74. The number of nitrogens with zero attached hydrogens (tertiary/aromatic N) is 1. The summed E-state index contributed by atoms with van der Waals surface area (Å²) in [6.45, 7) is 1.34. The van der Waals surface area contributed by atoms with Gasteiger partial charge in [0.15, 0.2) is 0 Å². The number of aliphatic carboxylic acids is 1. The van der Waals surface area contributed by atoms with E-state index < -0.39 is 5.97 Å². The first-order chi connectivity index (χ1) is 7.97. The fourth-order valence-electron chi connectivity index (χ4n) is 1.66. The van der Waals surface area contributed by atoms with Crippen LogP contribution < -0.4 is 5.73 Å². The third kappa shape index (κ3) is 5.81. The molecule has 0 fully saturated rings. The Balaban J connectivity index is 2.41. The smallest absolute Gasteiger partial charge is 0.304 e. The van der Waals surface area contributed by atoms with Crippen molar-refractivity contribution in [2.75, 3.05) is 13.6 Å². The standard InChI is InChI=1S/C12H17BrN2O2/c1-15(8-11(14)6-12(16)17)7-9-2-4-10(13)5-3-9/h2-5,11H,6-8,14H2,1H3,(H,16,17). The number of benzene rings is 1. The zero-order valence-electron chi connectivity index (χ0n) is 9.77. The van der Waals surface area contributed by atoms with Gasteiger partial charge in [0.1, 0.15) is 0 Å². The van der Waals surface area contributed by atoms with Crippen molar-refractivity contribution in [2.24, 2.45) is 5.73 Å². The lowest BCUT2D eigenvalue weighted by atomic mass is 10.2. The molecule has 3 N–H and O–H groups in total. The molecule has 0 aromatic heterocycles. The molecule has 0 spiro atoms. The molecule has 1 unspecified atom stereocenters. The predicted molar refractivity (Wildman–Crippen MR) is 70.7 cm³/mol. The lowest BCUT2D eigenvalue weighted by Crippen LogP contribution is -2.36. The number of carbonyl (C=O) groups is 1. The molecule has 0 bridgehead atoms. The van der Waals surface area contributed by atoms with Crippen molar-refractivity contribution < 1.29 is 9.90 Å². The van der Waals surface area contributed by atoms with Crippen molar-refractivity contribution in [2.45, 2.75) is 19.0 Å². The minimum absolute atomic E-state index is 0.00464. The van der Waals surface area contributed by atoms with Gasteiger partial charge < -0.3 is 15.7 Å². The highest BCUT2D eigenvalue weighted by Crippen LogP contribution is 2.11. The summed E-state index contributed by atoms with van der Waals surface area (Å²) in [5, 5.41) is 8.61. The summed E-state index contributed by atoms with van der Waals surface area (Å²) in [6, 6.07) is 7.71. The van der Waals surface area contributed by atoms with Gasteiger partial charge >= 0.3 is 5.97 Å². The van der Waals surface area contributed by atoms with Crippen LogP contribution in [0.5, 0.6) is 0 Å². The molecule has 1 rings (SSSR count). The lowest BCUT2D eigenvalue weighted by Gasteiger charge is -2.20. The molecule has 0 aliphatic carbocycles. The van der Waals surface area contributed by atoms with Crippen LogP contribution in [-0.4, -0.2) is 35.6 Å². The van der Waals surface area contributed by atoms with Gasteiger partial charge in [0.05, 0.1) is 6.42 Å². The molecule has 0 heterocycles. The summed E-state index contributed by atoms with van der Waals surface area (Å²) in [5.41, 5.74) is 6.90. The highest BCUT2D eigenvalue weighted by Gasteiger charge is 2.10. The average Bonchev–Trinajstić information content (AvgIpc) is 2.19. The van der Waals surface area contributed by atoms with Crippen LogP contribution in [0, 0.1) is 0 Å². The van der Waals surface area contributed by atoms with Crippen LogP contribution >= 0.6 is 15.9 Å². The maximum Gasteiger partial charge on any atom is 0.304 e. The van der Waals surface area contributed by atoms with E-state index in [2.05, 4.69) is 15.9 Å². The third-order valence-corrected chi connectivity index (χ3v) is 2.88. The Kier molecular flexibility index (Phi) is 5.61. The van der Waals surface area contributed by atoms with Crippen LogP contribution in [0.3, 0.4) is 0 Å². The quantitative estimate of drug-likeness (QED) is 0.839. The fourth-order valence-corrected chi connectivity index (χ4v) is 1.92. The normalized spacial score (nSPS) is 12.7. The van der Waals surface area contributed by atoms with Crippen molar-refractivity contribution in [1.82, 2.24) is 4.90 Å². The van der Waals surface area contributed by atoms with Crippen molar-refractivity contribution in [3.63, 3.8) is 0 Å². The van der Waals surface area contributed by atoms with Crippen LogP contribution in [0.4, 0.5) is 0 Å². The Morgan fingerprint density at radius 3 is 2.59 bits per heavy atom. The van der Waals surface area contributed by atoms with E-state index in [-0.39, 0.29) is 12.5 Å². The Morgan fingerprint density at radius 2 is 2.06 bits per heavy atom. The van der Waals surface area contributed by atoms with E-state index in [1.807, 2.05) is 36.2 Å². The summed E-state index contributed by atoms with van der Waals surface area (Å²) in [5.74, 6) is -0.852. The SMILES string of the molecule is CN(Cc1ccc(Br)cc1)CC(N)CC(=O)O. The van der Waals surface area contributed by atoms with E-state index >= 15 is 0 Å². The van der Waals surface area contributed by atoms with E-state index in [0.717, 1.165) is 11.0 Å². The van der Waals surface area contributed by atoms with Crippen LogP contribution in [0.25, 0.3) is 0 Å². The molecule has 4 nitrogen and oxygen atoms in total. The number of rotatable bonds is 6. The first-order valence-corrected chi connectivity index (χ1v) is 6.17. The Morgan fingerprint density at radius 1 is 1.47 bits per heavy atom. The first-order valence-electron chi connectivity index (χ1n) is 5.37. The van der Waals surface area contributed by atoms with Gasteiger partial charge in [0.25, 0.3) is 0 Å². The Bertz CT molecular complexity index is 367. The molecular weight excluding hydrogens is 284 g/mol. The molecule has 1 atom stereocenters. The van der Waals surface area contributed by atoms with E-state index in [0.29, 0.717) is 6.54 Å². The number of halogens is 1. The Hall–Kier alpha value is -0.910. The summed E-state index contributed by atoms with van der Waals surface area (Å²) in [7, 11) is 1.93. The number of carboxylic acids is 1. The van der Waals surface area contributed by atoms with E-state index in [9.17, 15) is 4.79 Å². The largest absolute Gasteiger partial charge is 0.481 e. The molecule has 17 heavy (non-hydrogen) atoms. The molecule has 0 amide bonds. The zero-order valence-corrected chi connectivity index (χ0v) is 11.4. The van der Waals surface area contributed by atoms with Crippen LogP contribution in [-0.2, 0) is 11.3 Å². The number of carboxylic acid groups (broad SMARTS) is 1. The molecule has 5 heteroatoms. The minimum Gasteiger partial charge on any atom is -0.481 e. The molecular formula is C12H17BrN2O2. The van der Waals surface area contributed by atoms with Gasteiger partial charge in [0, 0.05) is 23.6 Å². The summed E-state index contributed by atoms with van der Waals surface area (Å²) < 4.78 is 1.05. The minimum atomic E-state index is -0.852.